The highest BCUT2D eigenvalue weighted by molar-refractivity contribution is 5.69. The Morgan fingerprint density at radius 3 is 2.47 bits per heavy atom. The fraction of sp³-hybridized carbons (Fsp3) is 0.929. The minimum absolute atomic E-state index is 0.0292. The normalized spacial score (nSPS) is 12.8. The van der Waals surface area contributed by atoms with E-state index in [9.17, 15) is 4.79 Å². The molecule has 0 fully saturated rings. The van der Waals surface area contributed by atoms with Crippen molar-refractivity contribution in [2.45, 2.75) is 64.9 Å². The summed E-state index contributed by atoms with van der Waals surface area (Å²) in [4.78, 5) is 13.6. The lowest BCUT2D eigenvalue weighted by Crippen LogP contribution is -2.18. The number of rotatable bonds is 10. The predicted molar refractivity (Wildman–Crippen MR) is 72.1 cm³/mol. The van der Waals surface area contributed by atoms with Gasteiger partial charge >= 0.3 is 5.97 Å². The second-order valence-electron chi connectivity index (χ2n) is 5.06. The van der Waals surface area contributed by atoms with Gasteiger partial charge in [-0.05, 0) is 46.8 Å². The molecule has 0 N–H and O–H groups in total. The number of unbranched alkanes of at least 4 members (excludes halogenated alkanes) is 3. The van der Waals surface area contributed by atoms with Crippen molar-refractivity contribution in [2.75, 3.05) is 20.6 Å². The number of ether oxygens (including phenoxy) is 1. The summed E-state index contributed by atoms with van der Waals surface area (Å²) in [6.07, 6.45) is 7.21. The van der Waals surface area contributed by atoms with Gasteiger partial charge in [-0.2, -0.15) is 0 Å². The average Bonchev–Trinajstić information content (AvgIpc) is 2.23. The van der Waals surface area contributed by atoms with Crippen LogP contribution in [0.4, 0.5) is 0 Å². The highest BCUT2D eigenvalue weighted by Crippen LogP contribution is 2.07. The summed E-state index contributed by atoms with van der Waals surface area (Å²) in [7, 11) is 4.12. The van der Waals surface area contributed by atoms with Crippen LogP contribution in [0.5, 0.6) is 0 Å². The van der Waals surface area contributed by atoms with Crippen LogP contribution in [-0.2, 0) is 9.53 Å². The van der Waals surface area contributed by atoms with Crippen LogP contribution in [0.1, 0.15) is 58.8 Å². The number of carbonyl (C=O) groups excluding carboxylic acids is 1. The second-order valence-corrected chi connectivity index (χ2v) is 5.06. The Hall–Kier alpha value is -0.570. The number of hydrogen-bond acceptors (Lipinski definition) is 3. The quantitative estimate of drug-likeness (QED) is 0.436. The van der Waals surface area contributed by atoms with Crippen molar-refractivity contribution in [3.05, 3.63) is 0 Å². The molecule has 0 aromatic carbocycles. The van der Waals surface area contributed by atoms with Gasteiger partial charge in [0.2, 0.25) is 0 Å². The van der Waals surface area contributed by atoms with E-state index >= 15 is 0 Å². The van der Waals surface area contributed by atoms with Gasteiger partial charge in [-0.3, -0.25) is 4.79 Å². The van der Waals surface area contributed by atoms with E-state index in [1.807, 2.05) is 6.92 Å². The first-order valence-electron chi connectivity index (χ1n) is 6.90. The summed E-state index contributed by atoms with van der Waals surface area (Å²) in [5.74, 6) is -0.0292. The Balaban J connectivity index is 3.45. The van der Waals surface area contributed by atoms with E-state index in [4.69, 9.17) is 4.74 Å². The molecule has 0 aromatic rings. The van der Waals surface area contributed by atoms with Crippen LogP contribution in [0.2, 0.25) is 0 Å². The molecule has 0 saturated carbocycles. The standard InChI is InChI=1S/C14H29NO2/c1-5-6-7-8-11-14(16)17-13(2)10-9-12-15(3)4/h13H,5-12H2,1-4H3. The summed E-state index contributed by atoms with van der Waals surface area (Å²) >= 11 is 0. The fourth-order valence-electron chi connectivity index (χ4n) is 1.73. The van der Waals surface area contributed by atoms with Crippen LogP contribution in [-0.4, -0.2) is 37.6 Å². The summed E-state index contributed by atoms with van der Waals surface area (Å²) in [5.41, 5.74) is 0. The largest absolute Gasteiger partial charge is 0.463 e. The monoisotopic (exact) mass is 243 g/mol. The molecule has 102 valence electrons. The van der Waals surface area contributed by atoms with Gasteiger partial charge in [-0.1, -0.05) is 26.2 Å². The molecule has 3 heteroatoms. The van der Waals surface area contributed by atoms with Crippen molar-refractivity contribution in [1.29, 1.82) is 0 Å². The Morgan fingerprint density at radius 2 is 1.88 bits per heavy atom. The SMILES string of the molecule is CCCCCCC(=O)OC(C)CCCN(C)C. The molecule has 0 amide bonds. The molecule has 17 heavy (non-hydrogen) atoms. The van der Waals surface area contributed by atoms with Crippen LogP contribution in [0.3, 0.4) is 0 Å². The lowest BCUT2D eigenvalue weighted by atomic mass is 10.1. The van der Waals surface area contributed by atoms with Gasteiger partial charge in [-0.25, -0.2) is 0 Å². The van der Waals surface area contributed by atoms with Crippen LogP contribution in [0.25, 0.3) is 0 Å². The zero-order valence-corrected chi connectivity index (χ0v) is 12.0. The zero-order chi connectivity index (χ0) is 13.1. The summed E-state index contributed by atoms with van der Waals surface area (Å²) in [5, 5.41) is 0. The third kappa shape index (κ3) is 11.7. The van der Waals surface area contributed by atoms with Crippen molar-refractivity contribution < 1.29 is 9.53 Å². The van der Waals surface area contributed by atoms with Gasteiger partial charge in [0.1, 0.15) is 0 Å². The maximum atomic E-state index is 11.5. The lowest BCUT2D eigenvalue weighted by molar-refractivity contribution is -0.148. The molecule has 0 aromatic heterocycles. The number of esters is 1. The van der Waals surface area contributed by atoms with E-state index in [1.54, 1.807) is 0 Å². The molecule has 0 bridgehead atoms. The van der Waals surface area contributed by atoms with E-state index in [0.717, 1.165) is 32.2 Å². The topological polar surface area (TPSA) is 29.5 Å². The molecule has 0 aliphatic carbocycles. The van der Waals surface area contributed by atoms with Crippen LogP contribution in [0, 0.1) is 0 Å². The molecule has 1 unspecified atom stereocenters. The van der Waals surface area contributed by atoms with E-state index < -0.39 is 0 Å². The Labute approximate surface area is 107 Å². The number of hydrogen-bond donors (Lipinski definition) is 0. The van der Waals surface area contributed by atoms with Crippen molar-refractivity contribution in [3.8, 4) is 0 Å². The number of carbonyl (C=O) groups is 1. The lowest BCUT2D eigenvalue weighted by Gasteiger charge is -2.15. The predicted octanol–water partition coefficient (Wildman–Crippen LogP) is 3.23. The zero-order valence-electron chi connectivity index (χ0n) is 12.0. The summed E-state index contributed by atoms with van der Waals surface area (Å²) in [6, 6.07) is 0. The molecule has 0 aliphatic rings. The first-order valence-corrected chi connectivity index (χ1v) is 6.90. The van der Waals surface area contributed by atoms with Crippen LogP contribution < -0.4 is 0 Å². The number of nitrogens with zero attached hydrogens (tertiary/aromatic N) is 1. The molecule has 0 rings (SSSR count). The molecular formula is C14H29NO2. The van der Waals surface area contributed by atoms with E-state index in [0.29, 0.717) is 6.42 Å². The maximum absolute atomic E-state index is 11.5. The Morgan fingerprint density at radius 1 is 1.18 bits per heavy atom. The molecular weight excluding hydrogens is 214 g/mol. The van der Waals surface area contributed by atoms with Gasteiger partial charge in [0, 0.05) is 6.42 Å². The Bertz CT molecular complexity index is 193. The highest BCUT2D eigenvalue weighted by Gasteiger charge is 2.08. The fourth-order valence-corrected chi connectivity index (χ4v) is 1.73. The van der Waals surface area contributed by atoms with E-state index in [-0.39, 0.29) is 12.1 Å². The molecule has 0 spiro atoms. The van der Waals surface area contributed by atoms with Gasteiger partial charge in [0.05, 0.1) is 6.10 Å². The van der Waals surface area contributed by atoms with Crippen molar-refractivity contribution in [3.63, 3.8) is 0 Å². The summed E-state index contributed by atoms with van der Waals surface area (Å²) in [6.45, 7) is 5.21. The van der Waals surface area contributed by atoms with E-state index in [1.165, 1.54) is 12.8 Å². The molecule has 0 radical (unpaired) electrons. The first-order chi connectivity index (χ1) is 8.06. The van der Waals surface area contributed by atoms with Gasteiger partial charge in [0.15, 0.2) is 0 Å². The molecule has 0 aliphatic heterocycles. The highest BCUT2D eigenvalue weighted by atomic mass is 16.5. The molecule has 0 heterocycles. The van der Waals surface area contributed by atoms with Gasteiger partial charge in [-0.15, -0.1) is 0 Å². The molecule has 0 saturated heterocycles. The van der Waals surface area contributed by atoms with Crippen molar-refractivity contribution in [1.82, 2.24) is 4.90 Å². The van der Waals surface area contributed by atoms with Crippen molar-refractivity contribution in [2.24, 2.45) is 0 Å². The van der Waals surface area contributed by atoms with Crippen LogP contribution in [0.15, 0.2) is 0 Å². The van der Waals surface area contributed by atoms with E-state index in [2.05, 4.69) is 25.9 Å². The minimum atomic E-state index is -0.0292. The molecule has 1 atom stereocenters. The minimum Gasteiger partial charge on any atom is -0.463 e. The maximum Gasteiger partial charge on any atom is 0.306 e. The van der Waals surface area contributed by atoms with Crippen molar-refractivity contribution >= 4 is 5.97 Å². The molecule has 3 nitrogen and oxygen atoms in total. The van der Waals surface area contributed by atoms with Crippen LogP contribution >= 0.6 is 0 Å². The second kappa shape index (κ2) is 10.6. The average molecular weight is 243 g/mol. The van der Waals surface area contributed by atoms with Gasteiger partial charge in [0.25, 0.3) is 0 Å². The smallest absolute Gasteiger partial charge is 0.306 e. The first kappa shape index (κ1) is 16.4. The third-order valence-electron chi connectivity index (χ3n) is 2.78. The van der Waals surface area contributed by atoms with Gasteiger partial charge < -0.3 is 9.64 Å². The third-order valence-corrected chi connectivity index (χ3v) is 2.78. The summed E-state index contributed by atoms with van der Waals surface area (Å²) < 4.78 is 5.35. The Kier molecular flexibility index (Phi) is 10.2.